The highest BCUT2D eigenvalue weighted by Gasteiger charge is 2.39. The van der Waals surface area contributed by atoms with Crippen LogP contribution in [0.1, 0.15) is 25.7 Å². The minimum atomic E-state index is 0.107. The molecular weight excluding hydrogens is 316 g/mol. The molecule has 1 unspecified atom stereocenters. The largest absolute Gasteiger partial charge is 0.381 e. The van der Waals surface area contributed by atoms with Crippen LogP contribution in [0.15, 0.2) is 18.7 Å². The normalized spacial score (nSPS) is 27.9. The fourth-order valence-electron chi connectivity index (χ4n) is 4.55. The third-order valence-electron chi connectivity index (χ3n) is 6.09. The van der Waals surface area contributed by atoms with E-state index in [2.05, 4.69) is 19.4 Å². The molecular formula is C19H32N4O2. The highest BCUT2D eigenvalue weighted by molar-refractivity contribution is 4.93. The van der Waals surface area contributed by atoms with Gasteiger partial charge in [-0.1, -0.05) is 0 Å². The molecule has 0 N–H and O–H groups in total. The quantitative estimate of drug-likeness (QED) is 0.779. The lowest BCUT2D eigenvalue weighted by Gasteiger charge is -2.47. The molecule has 6 nitrogen and oxygen atoms in total. The fraction of sp³-hybridized carbons (Fsp3) is 0.842. The number of nitrogens with zero attached hydrogens (tertiary/aromatic N) is 4. The van der Waals surface area contributed by atoms with Crippen molar-refractivity contribution in [3.63, 3.8) is 0 Å². The molecule has 0 amide bonds. The second-order valence-corrected chi connectivity index (χ2v) is 7.99. The summed E-state index contributed by atoms with van der Waals surface area (Å²) in [6.07, 6.45) is 10.6. The van der Waals surface area contributed by atoms with Crippen molar-refractivity contribution in [2.45, 2.75) is 37.8 Å². The number of likely N-dealkylation sites (tertiary alicyclic amines) is 1. The molecule has 4 heterocycles. The van der Waals surface area contributed by atoms with Crippen molar-refractivity contribution in [2.24, 2.45) is 5.92 Å². The number of morpholine rings is 1. The highest BCUT2D eigenvalue weighted by atomic mass is 16.5. The van der Waals surface area contributed by atoms with Crippen molar-refractivity contribution in [1.29, 1.82) is 0 Å². The molecule has 0 saturated carbocycles. The zero-order valence-electron chi connectivity index (χ0n) is 15.3. The number of aryl methyl sites for hydroxylation is 1. The first-order valence-electron chi connectivity index (χ1n) is 9.94. The number of hydrogen-bond acceptors (Lipinski definition) is 5. The average molecular weight is 348 g/mol. The maximum atomic E-state index is 6.30. The Kier molecular flexibility index (Phi) is 5.70. The van der Waals surface area contributed by atoms with Gasteiger partial charge in [0, 0.05) is 64.8 Å². The minimum Gasteiger partial charge on any atom is -0.381 e. The molecule has 3 saturated heterocycles. The third-order valence-corrected chi connectivity index (χ3v) is 6.09. The molecule has 0 bridgehead atoms. The minimum absolute atomic E-state index is 0.107. The maximum Gasteiger partial charge on any atom is 0.0945 e. The van der Waals surface area contributed by atoms with E-state index in [0.717, 1.165) is 51.9 Å². The summed E-state index contributed by atoms with van der Waals surface area (Å²) in [7, 11) is 0. The number of piperidine rings is 1. The molecule has 1 aromatic heterocycles. The SMILES string of the molecule is c1cn(CCCN2CCOC3(CCN(CC4CCOC4)CC3)C2)cn1. The molecule has 25 heavy (non-hydrogen) atoms. The van der Waals surface area contributed by atoms with Crippen molar-refractivity contribution >= 4 is 0 Å². The van der Waals surface area contributed by atoms with Gasteiger partial charge in [-0.15, -0.1) is 0 Å². The molecule has 1 atom stereocenters. The van der Waals surface area contributed by atoms with Gasteiger partial charge in [0.05, 0.1) is 25.1 Å². The second kappa shape index (κ2) is 8.16. The van der Waals surface area contributed by atoms with Crippen molar-refractivity contribution in [3.8, 4) is 0 Å². The summed E-state index contributed by atoms with van der Waals surface area (Å²) in [4.78, 5) is 9.36. The van der Waals surface area contributed by atoms with E-state index in [1.54, 1.807) is 0 Å². The first kappa shape index (κ1) is 17.5. The molecule has 1 aromatic rings. The van der Waals surface area contributed by atoms with Crippen LogP contribution in [0.3, 0.4) is 0 Å². The van der Waals surface area contributed by atoms with E-state index in [1.165, 1.54) is 45.3 Å². The average Bonchev–Trinajstić information content (AvgIpc) is 3.32. The first-order chi connectivity index (χ1) is 12.3. The first-order valence-corrected chi connectivity index (χ1v) is 9.94. The van der Waals surface area contributed by atoms with Crippen LogP contribution in [0.5, 0.6) is 0 Å². The summed E-state index contributed by atoms with van der Waals surface area (Å²) in [5, 5.41) is 0. The standard InChI is InChI=1S/C19H32N4O2/c1(7-23-10-5-20-17-23)6-22-11-13-25-19(16-22)3-8-21(9-4-19)14-18-2-12-24-15-18/h5,10,17-18H,1-4,6-9,11-16H2. The summed E-state index contributed by atoms with van der Waals surface area (Å²) < 4.78 is 14.0. The van der Waals surface area contributed by atoms with Crippen LogP contribution < -0.4 is 0 Å². The molecule has 1 spiro atoms. The predicted octanol–water partition coefficient (Wildman–Crippen LogP) is 1.48. The number of imidazole rings is 1. The van der Waals surface area contributed by atoms with Gasteiger partial charge in [0.1, 0.15) is 0 Å². The van der Waals surface area contributed by atoms with E-state index >= 15 is 0 Å². The van der Waals surface area contributed by atoms with E-state index < -0.39 is 0 Å². The molecule has 3 fully saturated rings. The van der Waals surface area contributed by atoms with Gasteiger partial charge in [0.15, 0.2) is 0 Å². The van der Waals surface area contributed by atoms with Gasteiger partial charge in [-0.3, -0.25) is 4.90 Å². The fourth-order valence-corrected chi connectivity index (χ4v) is 4.55. The predicted molar refractivity (Wildman–Crippen MR) is 96.6 cm³/mol. The van der Waals surface area contributed by atoms with Gasteiger partial charge in [0.2, 0.25) is 0 Å². The Morgan fingerprint density at radius 1 is 1.08 bits per heavy atom. The molecule has 0 aliphatic carbocycles. The Balaban J connectivity index is 1.20. The Morgan fingerprint density at radius 2 is 2.00 bits per heavy atom. The Morgan fingerprint density at radius 3 is 2.76 bits per heavy atom. The van der Waals surface area contributed by atoms with Crippen LogP contribution in [0.25, 0.3) is 0 Å². The Hall–Kier alpha value is -0.950. The maximum absolute atomic E-state index is 6.30. The van der Waals surface area contributed by atoms with E-state index in [-0.39, 0.29) is 5.60 Å². The monoisotopic (exact) mass is 348 g/mol. The Labute approximate surface area is 151 Å². The van der Waals surface area contributed by atoms with Crippen LogP contribution in [0.4, 0.5) is 0 Å². The topological polar surface area (TPSA) is 42.8 Å². The molecule has 3 aliphatic rings. The van der Waals surface area contributed by atoms with Crippen molar-refractivity contribution in [1.82, 2.24) is 19.4 Å². The van der Waals surface area contributed by atoms with Crippen LogP contribution in [0.2, 0.25) is 0 Å². The van der Waals surface area contributed by atoms with Crippen LogP contribution in [-0.4, -0.2) is 84.0 Å². The zero-order chi connectivity index (χ0) is 17.0. The van der Waals surface area contributed by atoms with Gasteiger partial charge in [0.25, 0.3) is 0 Å². The molecule has 6 heteroatoms. The van der Waals surface area contributed by atoms with Crippen molar-refractivity contribution in [3.05, 3.63) is 18.7 Å². The van der Waals surface area contributed by atoms with E-state index in [4.69, 9.17) is 9.47 Å². The van der Waals surface area contributed by atoms with Gasteiger partial charge >= 0.3 is 0 Å². The van der Waals surface area contributed by atoms with Crippen LogP contribution >= 0.6 is 0 Å². The van der Waals surface area contributed by atoms with Crippen LogP contribution in [-0.2, 0) is 16.0 Å². The van der Waals surface area contributed by atoms with Gasteiger partial charge < -0.3 is 18.9 Å². The lowest BCUT2D eigenvalue weighted by Crippen LogP contribution is -2.57. The third kappa shape index (κ3) is 4.61. The zero-order valence-corrected chi connectivity index (χ0v) is 15.3. The number of rotatable bonds is 6. The Bertz CT molecular complexity index is 508. The van der Waals surface area contributed by atoms with E-state index in [9.17, 15) is 0 Å². The summed E-state index contributed by atoms with van der Waals surface area (Å²) >= 11 is 0. The van der Waals surface area contributed by atoms with E-state index in [0.29, 0.717) is 0 Å². The number of aromatic nitrogens is 2. The second-order valence-electron chi connectivity index (χ2n) is 7.99. The lowest BCUT2D eigenvalue weighted by atomic mass is 9.88. The lowest BCUT2D eigenvalue weighted by molar-refractivity contribution is -0.136. The highest BCUT2D eigenvalue weighted by Crippen LogP contribution is 2.31. The molecule has 140 valence electrons. The molecule has 0 radical (unpaired) electrons. The summed E-state index contributed by atoms with van der Waals surface area (Å²) in [6.45, 7) is 10.8. The molecule has 3 aliphatic heterocycles. The van der Waals surface area contributed by atoms with Crippen molar-refractivity contribution in [2.75, 3.05) is 59.1 Å². The summed E-state index contributed by atoms with van der Waals surface area (Å²) in [5.74, 6) is 0.751. The molecule has 4 rings (SSSR count). The van der Waals surface area contributed by atoms with Gasteiger partial charge in [-0.05, 0) is 31.6 Å². The summed E-state index contributed by atoms with van der Waals surface area (Å²) in [6, 6.07) is 0. The van der Waals surface area contributed by atoms with Crippen LogP contribution in [0, 0.1) is 5.92 Å². The van der Waals surface area contributed by atoms with Gasteiger partial charge in [-0.25, -0.2) is 4.98 Å². The molecule has 0 aromatic carbocycles. The number of hydrogen-bond donors (Lipinski definition) is 0. The summed E-state index contributed by atoms with van der Waals surface area (Å²) in [5.41, 5.74) is 0.107. The van der Waals surface area contributed by atoms with Gasteiger partial charge in [-0.2, -0.15) is 0 Å². The van der Waals surface area contributed by atoms with E-state index in [1.807, 2.05) is 18.7 Å². The van der Waals surface area contributed by atoms with Crippen molar-refractivity contribution < 1.29 is 9.47 Å². The smallest absolute Gasteiger partial charge is 0.0945 e. The number of ether oxygens (including phenoxy) is 2.